The molecule has 0 aliphatic carbocycles. The molecule has 0 bridgehead atoms. The van der Waals surface area contributed by atoms with Crippen LogP contribution in [0.2, 0.25) is 0 Å². The average Bonchev–Trinajstić information content (AvgIpc) is 3.23. The first-order valence-electron chi connectivity index (χ1n) is 8.57. The molecule has 2 aliphatic heterocycles. The number of fused-ring (bicyclic) bond motifs is 1. The number of hydrogen-bond acceptors (Lipinski definition) is 4. The van der Waals surface area contributed by atoms with Crippen molar-refractivity contribution in [2.45, 2.75) is 38.4 Å². The lowest BCUT2D eigenvalue weighted by Gasteiger charge is -2.42. The van der Waals surface area contributed by atoms with Gasteiger partial charge in [-0.2, -0.15) is 0 Å². The molecule has 2 aromatic heterocycles. The third-order valence-electron chi connectivity index (χ3n) is 5.51. The van der Waals surface area contributed by atoms with Gasteiger partial charge in [0.05, 0.1) is 17.6 Å². The first-order chi connectivity index (χ1) is 11.6. The van der Waals surface area contributed by atoms with Crippen LogP contribution in [0.3, 0.4) is 0 Å². The monoisotopic (exact) mass is 325 g/mol. The van der Waals surface area contributed by atoms with Crippen molar-refractivity contribution < 1.29 is 4.79 Å². The SMILES string of the molecule is CCc1ccc(C(=O)N2CCC3(C2)Cn2ccnc2CN3C)cn1. The molecule has 6 nitrogen and oxygen atoms in total. The van der Waals surface area contributed by atoms with Gasteiger partial charge >= 0.3 is 0 Å². The smallest absolute Gasteiger partial charge is 0.255 e. The van der Waals surface area contributed by atoms with Crippen molar-refractivity contribution in [3.05, 3.63) is 47.8 Å². The Labute approximate surface area is 142 Å². The van der Waals surface area contributed by atoms with Gasteiger partial charge in [-0.3, -0.25) is 14.7 Å². The van der Waals surface area contributed by atoms with Crippen LogP contribution in [-0.2, 0) is 19.5 Å². The predicted molar refractivity (Wildman–Crippen MR) is 90.6 cm³/mol. The molecule has 2 aliphatic rings. The molecule has 4 heterocycles. The summed E-state index contributed by atoms with van der Waals surface area (Å²) in [6.45, 7) is 5.35. The van der Waals surface area contributed by atoms with Gasteiger partial charge in [0.25, 0.3) is 5.91 Å². The minimum atomic E-state index is 0.0140. The molecule has 1 saturated heterocycles. The largest absolute Gasteiger partial charge is 0.337 e. The van der Waals surface area contributed by atoms with Gasteiger partial charge in [-0.25, -0.2) is 4.98 Å². The molecule has 1 spiro atoms. The second-order valence-corrected chi connectivity index (χ2v) is 6.92. The Morgan fingerprint density at radius 1 is 1.29 bits per heavy atom. The fourth-order valence-electron chi connectivity index (χ4n) is 3.87. The summed E-state index contributed by atoms with van der Waals surface area (Å²) in [5.74, 6) is 1.19. The average molecular weight is 325 g/mol. The van der Waals surface area contributed by atoms with Crippen molar-refractivity contribution in [1.82, 2.24) is 24.3 Å². The highest BCUT2D eigenvalue weighted by atomic mass is 16.2. The number of imidazole rings is 1. The maximum absolute atomic E-state index is 12.8. The summed E-state index contributed by atoms with van der Waals surface area (Å²) in [5.41, 5.74) is 1.72. The van der Waals surface area contributed by atoms with Crippen molar-refractivity contribution in [3.8, 4) is 0 Å². The number of hydrogen-bond donors (Lipinski definition) is 0. The second-order valence-electron chi connectivity index (χ2n) is 6.92. The fourth-order valence-corrected chi connectivity index (χ4v) is 3.87. The van der Waals surface area contributed by atoms with Crippen LogP contribution in [0.5, 0.6) is 0 Å². The Morgan fingerprint density at radius 2 is 2.17 bits per heavy atom. The molecular weight excluding hydrogens is 302 g/mol. The summed E-state index contributed by atoms with van der Waals surface area (Å²) >= 11 is 0. The minimum absolute atomic E-state index is 0.0140. The maximum Gasteiger partial charge on any atom is 0.255 e. The molecule has 0 aromatic carbocycles. The van der Waals surface area contributed by atoms with Crippen molar-refractivity contribution in [3.63, 3.8) is 0 Å². The van der Waals surface area contributed by atoms with E-state index in [-0.39, 0.29) is 11.4 Å². The van der Waals surface area contributed by atoms with E-state index in [1.54, 1.807) is 6.20 Å². The Morgan fingerprint density at radius 3 is 2.92 bits per heavy atom. The van der Waals surface area contributed by atoms with E-state index >= 15 is 0 Å². The van der Waals surface area contributed by atoms with Crippen LogP contribution in [0, 0.1) is 0 Å². The van der Waals surface area contributed by atoms with Gasteiger partial charge in [-0.1, -0.05) is 6.92 Å². The highest BCUT2D eigenvalue weighted by Gasteiger charge is 2.46. The van der Waals surface area contributed by atoms with Crippen LogP contribution in [0.25, 0.3) is 0 Å². The van der Waals surface area contributed by atoms with E-state index in [4.69, 9.17) is 0 Å². The third-order valence-corrected chi connectivity index (χ3v) is 5.51. The highest BCUT2D eigenvalue weighted by Crippen LogP contribution is 2.34. The number of carbonyl (C=O) groups is 1. The number of amides is 1. The van der Waals surface area contributed by atoms with E-state index < -0.39 is 0 Å². The van der Waals surface area contributed by atoms with Gasteiger partial charge in [0.2, 0.25) is 0 Å². The lowest BCUT2D eigenvalue weighted by Crippen LogP contribution is -2.54. The topological polar surface area (TPSA) is 54.3 Å². The Kier molecular flexibility index (Phi) is 3.64. The van der Waals surface area contributed by atoms with Gasteiger partial charge < -0.3 is 9.47 Å². The molecule has 1 fully saturated rings. The number of aryl methyl sites for hydroxylation is 1. The molecule has 4 rings (SSSR count). The molecule has 0 N–H and O–H groups in total. The highest BCUT2D eigenvalue weighted by molar-refractivity contribution is 5.94. The zero-order valence-electron chi connectivity index (χ0n) is 14.3. The lowest BCUT2D eigenvalue weighted by atomic mass is 9.94. The van der Waals surface area contributed by atoms with Gasteiger partial charge in [-0.05, 0) is 32.0 Å². The molecule has 24 heavy (non-hydrogen) atoms. The summed E-state index contributed by atoms with van der Waals surface area (Å²) < 4.78 is 2.23. The van der Waals surface area contributed by atoms with Crippen LogP contribution >= 0.6 is 0 Å². The molecule has 1 unspecified atom stereocenters. The molecule has 0 radical (unpaired) electrons. The second kappa shape index (κ2) is 5.70. The standard InChI is InChI=1S/C18H23N5O/c1-3-15-5-4-14(10-20-15)17(24)23-8-6-18(13-23)12-22-9-7-19-16(22)11-21(18)2/h4-5,7,9-10H,3,6,8,11-13H2,1-2H3. The molecule has 2 aromatic rings. The van der Waals surface area contributed by atoms with Crippen LogP contribution in [0.1, 0.15) is 35.2 Å². The minimum Gasteiger partial charge on any atom is -0.337 e. The van der Waals surface area contributed by atoms with Gasteiger partial charge in [-0.15, -0.1) is 0 Å². The van der Waals surface area contributed by atoms with E-state index in [0.717, 1.165) is 50.5 Å². The van der Waals surface area contributed by atoms with Gasteiger partial charge in [0.15, 0.2) is 0 Å². The summed E-state index contributed by atoms with van der Waals surface area (Å²) in [6.07, 6.45) is 7.50. The molecule has 1 atom stereocenters. The summed E-state index contributed by atoms with van der Waals surface area (Å²) in [7, 11) is 2.14. The first kappa shape index (κ1) is 15.3. The summed E-state index contributed by atoms with van der Waals surface area (Å²) in [4.78, 5) is 25.9. The van der Waals surface area contributed by atoms with Crippen molar-refractivity contribution in [2.75, 3.05) is 20.1 Å². The molecule has 0 saturated carbocycles. The number of carbonyl (C=O) groups excluding carboxylic acids is 1. The van der Waals surface area contributed by atoms with Crippen LogP contribution in [0.4, 0.5) is 0 Å². The fraction of sp³-hybridized carbons (Fsp3) is 0.500. The van der Waals surface area contributed by atoms with Crippen molar-refractivity contribution in [1.29, 1.82) is 0 Å². The predicted octanol–water partition coefficient (Wildman–Crippen LogP) is 1.57. The first-order valence-corrected chi connectivity index (χ1v) is 8.57. The van der Waals surface area contributed by atoms with Crippen molar-refractivity contribution in [2.24, 2.45) is 0 Å². The number of pyridine rings is 1. The zero-order valence-corrected chi connectivity index (χ0v) is 14.3. The van der Waals surface area contributed by atoms with E-state index in [2.05, 4.69) is 33.4 Å². The molecule has 1 amide bonds. The van der Waals surface area contributed by atoms with Crippen LogP contribution in [0.15, 0.2) is 30.7 Å². The Bertz CT molecular complexity index is 753. The number of likely N-dealkylation sites (tertiary alicyclic amines) is 1. The maximum atomic E-state index is 12.8. The zero-order chi connectivity index (χ0) is 16.7. The number of aromatic nitrogens is 3. The van der Waals surface area contributed by atoms with Crippen LogP contribution in [-0.4, -0.2) is 55.9 Å². The van der Waals surface area contributed by atoms with Crippen molar-refractivity contribution >= 4 is 5.91 Å². The van der Waals surface area contributed by atoms with E-state index in [1.165, 1.54) is 0 Å². The number of rotatable bonds is 2. The van der Waals surface area contributed by atoms with Gasteiger partial charge in [0, 0.05) is 43.9 Å². The van der Waals surface area contributed by atoms with E-state index in [0.29, 0.717) is 5.56 Å². The Balaban J connectivity index is 1.52. The van der Waals surface area contributed by atoms with Gasteiger partial charge in [0.1, 0.15) is 5.82 Å². The molecular formula is C18H23N5O. The Hall–Kier alpha value is -2.21. The summed E-state index contributed by atoms with van der Waals surface area (Å²) in [6, 6.07) is 3.85. The molecule has 6 heteroatoms. The summed E-state index contributed by atoms with van der Waals surface area (Å²) in [5, 5.41) is 0. The normalized spacial score (nSPS) is 23.7. The van der Waals surface area contributed by atoms with E-state index in [9.17, 15) is 4.79 Å². The lowest BCUT2D eigenvalue weighted by molar-refractivity contribution is 0.0583. The molecule has 126 valence electrons. The van der Waals surface area contributed by atoms with E-state index in [1.807, 2.05) is 29.4 Å². The third kappa shape index (κ3) is 2.41. The number of likely N-dealkylation sites (N-methyl/N-ethyl adjacent to an activating group) is 1. The number of nitrogens with zero attached hydrogens (tertiary/aromatic N) is 5. The quantitative estimate of drug-likeness (QED) is 0.841. The van der Waals surface area contributed by atoms with Crippen LogP contribution < -0.4 is 0 Å².